The molecule has 1 aromatic carbocycles. The maximum atomic E-state index is 12.4. The van der Waals surface area contributed by atoms with Gasteiger partial charge in [-0.1, -0.05) is 0 Å². The molecule has 1 saturated heterocycles. The molecule has 182 valence electrons. The number of nitrogens with one attached hydrogen (secondary N) is 3. The summed E-state index contributed by atoms with van der Waals surface area (Å²) < 4.78 is 1.85. The molecule has 11 nitrogen and oxygen atoms in total. The third-order valence-corrected chi connectivity index (χ3v) is 6.60. The van der Waals surface area contributed by atoms with Gasteiger partial charge in [-0.25, -0.2) is 4.98 Å². The van der Waals surface area contributed by atoms with E-state index in [2.05, 4.69) is 30.8 Å². The predicted octanol–water partition coefficient (Wildman–Crippen LogP) is 2.02. The van der Waals surface area contributed by atoms with Gasteiger partial charge in [0.25, 0.3) is 0 Å². The zero-order chi connectivity index (χ0) is 24.4. The van der Waals surface area contributed by atoms with Crippen LogP contribution in [-0.2, 0) is 4.79 Å². The second kappa shape index (κ2) is 10.0. The lowest BCUT2D eigenvalue weighted by Gasteiger charge is -2.21. The summed E-state index contributed by atoms with van der Waals surface area (Å²) in [6.45, 7) is 2.36. The van der Waals surface area contributed by atoms with Gasteiger partial charge in [0.1, 0.15) is 5.65 Å². The fourth-order valence-electron chi connectivity index (χ4n) is 4.08. The first-order valence-electron chi connectivity index (χ1n) is 11.2. The second-order valence-electron chi connectivity index (χ2n) is 8.46. The number of amides is 1. The number of H-pyrrole nitrogens is 1. The van der Waals surface area contributed by atoms with Gasteiger partial charge in [0, 0.05) is 41.1 Å². The largest absolute Gasteiger partial charge is 0.395 e. The van der Waals surface area contributed by atoms with Crippen LogP contribution in [0, 0.1) is 6.92 Å². The highest BCUT2D eigenvalue weighted by atomic mass is 32.2. The van der Waals surface area contributed by atoms with Crippen LogP contribution in [-0.4, -0.2) is 77.4 Å². The number of anilines is 3. The molecule has 0 aliphatic carbocycles. The molecule has 1 fully saturated rings. The summed E-state index contributed by atoms with van der Waals surface area (Å²) in [5.74, 6) is 1.08. The van der Waals surface area contributed by atoms with Crippen molar-refractivity contribution in [2.75, 3.05) is 30.3 Å². The van der Waals surface area contributed by atoms with Crippen LogP contribution in [0.5, 0.6) is 0 Å². The average Bonchev–Trinajstić information content (AvgIpc) is 3.55. The van der Waals surface area contributed by atoms with Crippen molar-refractivity contribution in [2.24, 2.45) is 0 Å². The SMILES string of the molecule is Cc1cc(Nc2nc(Sc3ccc(NC(=O)CN4C[C@@H](O)C[C@H]4CO)cc3)nc3cccn23)n[nH]1. The van der Waals surface area contributed by atoms with Gasteiger partial charge < -0.3 is 20.8 Å². The first kappa shape index (κ1) is 23.3. The number of aryl methyl sites for hydroxylation is 1. The molecule has 5 rings (SSSR count). The topological polar surface area (TPSA) is 144 Å². The Hall–Kier alpha value is -3.45. The summed E-state index contributed by atoms with van der Waals surface area (Å²) in [5.41, 5.74) is 2.37. The van der Waals surface area contributed by atoms with E-state index in [1.54, 1.807) is 4.90 Å². The van der Waals surface area contributed by atoms with E-state index in [1.165, 1.54) is 11.8 Å². The number of rotatable bonds is 8. The lowest BCUT2D eigenvalue weighted by molar-refractivity contribution is -0.117. The normalized spacial score (nSPS) is 18.3. The van der Waals surface area contributed by atoms with Crippen LogP contribution in [0.25, 0.3) is 5.65 Å². The summed E-state index contributed by atoms with van der Waals surface area (Å²) in [6.07, 6.45) is 1.85. The van der Waals surface area contributed by atoms with E-state index in [-0.39, 0.29) is 25.1 Å². The van der Waals surface area contributed by atoms with Crippen molar-refractivity contribution in [3.8, 4) is 0 Å². The molecule has 4 heterocycles. The highest BCUT2D eigenvalue weighted by Gasteiger charge is 2.31. The van der Waals surface area contributed by atoms with E-state index in [1.807, 2.05) is 60.0 Å². The maximum Gasteiger partial charge on any atom is 0.238 e. The third-order valence-electron chi connectivity index (χ3n) is 5.72. The monoisotopic (exact) mass is 494 g/mol. The minimum Gasteiger partial charge on any atom is -0.395 e. The Labute approximate surface area is 205 Å². The number of fused-ring (bicyclic) bond motifs is 1. The number of aliphatic hydroxyl groups is 2. The van der Waals surface area contributed by atoms with Crippen molar-refractivity contribution in [3.05, 3.63) is 54.4 Å². The molecule has 0 bridgehead atoms. The smallest absolute Gasteiger partial charge is 0.238 e. The molecule has 1 aliphatic heterocycles. The van der Waals surface area contributed by atoms with Crippen molar-refractivity contribution in [1.82, 2.24) is 29.5 Å². The highest BCUT2D eigenvalue weighted by molar-refractivity contribution is 7.99. The van der Waals surface area contributed by atoms with Crippen LogP contribution in [0.4, 0.5) is 17.5 Å². The van der Waals surface area contributed by atoms with E-state index in [9.17, 15) is 15.0 Å². The van der Waals surface area contributed by atoms with Crippen molar-refractivity contribution in [2.45, 2.75) is 35.5 Å². The standard InChI is InChI=1S/C23H26N8O3S/c1-14-9-19(29-28-14)25-22-27-23(26-20-3-2-8-31(20)22)35-18-6-4-15(5-7-18)24-21(34)12-30-11-17(33)10-16(30)13-32/h2-9,16-17,32-33H,10-13H2,1H3,(H,24,34)(H2,25,26,27,28,29)/t16-,17-/m0/s1. The molecule has 0 saturated carbocycles. The Morgan fingerprint density at radius 2 is 2.09 bits per heavy atom. The first-order chi connectivity index (χ1) is 17.0. The van der Waals surface area contributed by atoms with Gasteiger partial charge in [-0.2, -0.15) is 10.1 Å². The Morgan fingerprint density at radius 3 is 2.83 bits per heavy atom. The minimum atomic E-state index is -0.511. The van der Waals surface area contributed by atoms with Crippen LogP contribution in [0.15, 0.2) is 58.7 Å². The Morgan fingerprint density at radius 1 is 1.26 bits per heavy atom. The summed E-state index contributed by atoms with van der Waals surface area (Å²) >= 11 is 1.41. The molecule has 5 N–H and O–H groups in total. The Bertz CT molecular complexity index is 1320. The molecule has 0 unspecified atom stereocenters. The third kappa shape index (κ3) is 5.46. The molecular weight excluding hydrogens is 468 g/mol. The lowest BCUT2D eigenvalue weighted by Crippen LogP contribution is -2.38. The quantitative estimate of drug-likeness (QED) is 0.248. The predicted molar refractivity (Wildman–Crippen MR) is 132 cm³/mol. The number of hydrogen-bond donors (Lipinski definition) is 5. The number of nitrogens with zero attached hydrogens (tertiary/aromatic N) is 5. The summed E-state index contributed by atoms with van der Waals surface area (Å²) in [6, 6.07) is 13.0. The molecule has 35 heavy (non-hydrogen) atoms. The van der Waals surface area contributed by atoms with Gasteiger partial charge in [0.2, 0.25) is 11.9 Å². The summed E-state index contributed by atoms with van der Waals surface area (Å²) in [4.78, 5) is 24.4. The zero-order valence-electron chi connectivity index (χ0n) is 19.0. The van der Waals surface area contributed by atoms with Crippen molar-refractivity contribution < 1.29 is 15.0 Å². The van der Waals surface area contributed by atoms with Crippen LogP contribution in [0.1, 0.15) is 12.1 Å². The number of carbonyl (C=O) groups excluding carboxylic acids is 1. The molecule has 1 amide bonds. The zero-order valence-corrected chi connectivity index (χ0v) is 19.9. The molecule has 0 radical (unpaired) electrons. The van der Waals surface area contributed by atoms with Gasteiger partial charge in [-0.05, 0) is 61.5 Å². The van der Waals surface area contributed by atoms with Gasteiger partial charge in [0.15, 0.2) is 11.0 Å². The Kier molecular flexibility index (Phi) is 6.68. The van der Waals surface area contributed by atoms with Gasteiger partial charge in [0.05, 0.1) is 19.3 Å². The molecule has 4 aromatic rings. The average molecular weight is 495 g/mol. The number of hydrogen-bond acceptors (Lipinski definition) is 9. The first-order valence-corrected chi connectivity index (χ1v) is 12.0. The van der Waals surface area contributed by atoms with Crippen molar-refractivity contribution in [1.29, 1.82) is 0 Å². The van der Waals surface area contributed by atoms with E-state index in [0.29, 0.717) is 35.6 Å². The molecule has 2 atom stereocenters. The summed E-state index contributed by atoms with van der Waals surface area (Å²) in [5, 5.41) is 33.0. The molecule has 12 heteroatoms. The van der Waals surface area contributed by atoms with Gasteiger partial charge >= 0.3 is 0 Å². The van der Waals surface area contributed by atoms with Crippen LogP contribution >= 0.6 is 11.8 Å². The molecular formula is C23H26N8O3S. The number of aliphatic hydroxyl groups excluding tert-OH is 2. The highest BCUT2D eigenvalue weighted by Crippen LogP contribution is 2.28. The summed E-state index contributed by atoms with van der Waals surface area (Å²) in [7, 11) is 0. The van der Waals surface area contributed by atoms with E-state index in [0.717, 1.165) is 16.2 Å². The molecule has 1 aliphatic rings. The Balaban J connectivity index is 1.24. The lowest BCUT2D eigenvalue weighted by atomic mass is 10.2. The van der Waals surface area contributed by atoms with E-state index in [4.69, 9.17) is 0 Å². The second-order valence-corrected chi connectivity index (χ2v) is 9.50. The fourth-order valence-corrected chi connectivity index (χ4v) is 4.83. The van der Waals surface area contributed by atoms with Gasteiger partial charge in [-0.3, -0.25) is 19.2 Å². The maximum absolute atomic E-state index is 12.4. The van der Waals surface area contributed by atoms with Crippen LogP contribution in [0.3, 0.4) is 0 Å². The van der Waals surface area contributed by atoms with E-state index < -0.39 is 6.10 Å². The fraction of sp³-hybridized carbons (Fsp3) is 0.304. The number of likely N-dealkylation sites (tertiary alicyclic amines) is 1. The minimum absolute atomic E-state index is 0.0774. The number of carbonyl (C=O) groups is 1. The molecule has 3 aromatic heterocycles. The van der Waals surface area contributed by atoms with Gasteiger partial charge in [-0.15, -0.1) is 0 Å². The van der Waals surface area contributed by atoms with Crippen molar-refractivity contribution in [3.63, 3.8) is 0 Å². The van der Waals surface area contributed by atoms with Crippen molar-refractivity contribution >= 4 is 40.8 Å². The van der Waals surface area contributed by atoms with E-state index >= 15 is 0 Å². The van der Waals surface area contributed by atoms with Crippen LogP contribution in [0.2, 0.25) is 0 Å². The number of β-amino-alcohol motifs (C(OH)–C–C–N with tert-alkyl or cyclic N) is 1. The van der Waals surface area contributed by atoms with Crippen LogP contribution < -0.4 is 10.6 Å². The number of aromatic nitrogens is 5. The number of aromatic amines is 1. The number of benzene rings is 1. The molecule has 0 spiro atoms.